The summed E-state index contributed by atoms with van der Waals surface area (Å²) in [4.78, 5) is 22.6. The summed E-state index contributed by atoms with van der Waals surface area (Å²) in [6, 6.07) is 0. The molecule has 1 aliphatic rings. The van der Waals surface area contributed by atoms with Crippen molar-refractivity contribution in [3.05, 3.63) is 0 Å². The minimum atomic E-state index is -3.48. The fraction of sp³-hybridized carbons (Fsp3) is 0.800. The third-order valence-electron chi connectivity index (χ3n) is 2.65. The Balaban J connectivity index is 2.40. The minimum absolute atomic E-state index is 0.00357. The van der Waals surface area contributed by atoms with Crippen molar-refractivity contribution in [3.63, 3.8) is 0 Å². The highest BCUT2D eigenvalue weighted by atomic mass is 32.2. The van der Waals surface area contributed by atoms with Gasteiger partial charge in [-0.2, -0.15) is 17.0 Å². The number of hydrogen-bond acceptors (Lipinski definition) is 5. The Morgan fingerprint density at radius 2 is 1.89 bits per heavy atom. The fourth-order valence-corrected chi connectivity index (χ4v) is 2.92. The summed E-state index contributed by atoms with van der Waals surface area (Å²) < 4.78 is 30.4. The lowest BCUT2D eigenvalue weighted by atomic mass is 10.2. The molecule has 1 aliphatic heterocycles. The first-order valence-electron chi connectivity index (χ1n) is 5.76. The van der Waals surface area contributed by atoms with E-state index in [-0.39, 0.29) is 31.8 Å². The molecule has 7 nitrogen and oxygen atoms in total. The number of nitrogens with zero attached hydrogens (tertiary/aromatic N) is 2. The lowest BCUT2D eigenvalue weighted by molar-refractivity contribution is -0.144. The van der Waals surface area contributed by atoms with E-state index in [0.29, 0.717) is 13.1 Å². The Morgan fingerprint density at radius 3 is 2.39 bits per heavy atom. The molecule has 0 aliphatic carbocycles. The number of hydrogen-bond donors (Lipinski definition) is 0. The van der Waals surface area contributed by atoms with Crippen LogP contribution in [0.4, 0.5) is 0 Å². The predicted octanol–water partition coefficient (Wildman–Crippen LogP) is -0.609. The maximum atomic E-state index is 11.7. The van der Waals surface area contributed by atoms with Crippen LogP contribution in [0.25, 0.3) is 0 Å². The van der Waals surface area contributed by atoms with Gasteiger partial charge in [-0.3, -0.25) is 9.59 Å². The van der Waals surface area contributed by atoms with Crippen molar-refractivity contribution in [3.8, 4) is 0 Å². The topological polar surface area (TPSA) is 84.0 Å². The van der Waals surface area contributed by atoms with Gasteiger partial charge >= 0.3 is 5.97 Å². The summed E-state index contributed by atoms with van der Waals surface area (Å²) in [6.45, 7) is 2.48. The van der Waals surface area contributed by atoms with E-state index in [2.05, 4.69) is 4.74 Å². The number of esters is 1. The van der Waals surface area contributed by atoms with Crippen LogP contribution < -0.4 is 0 Å². The molecule has 0 atom stereocenters. The first kappa shape index (κ1) is 15.1. The molecule has 0 spiro atoms. The van der Waals surface area contributed by atoms with Crippen molar-refractivity contribution in [1.29, 1.82) is 0 Å². The molecule has 18 heavy (non-hydrogen) atoms. The van der Waals surface area contributed by atoms with Crippen molar-refractivity contribution in [2.45, 2.75) is 19.8 Å². The van der Waals surface area contributed by atoms with E-state index in [1.807, 2.05) is 0 Å². The highest BCUT2D eigenvalue weighted by Crippen LogP contribution is 2.13. The molecule has 0 unspecified atom stereocenters. The molecular formula is C10H18N2O5S. The average Bonchev–Trinajstić information content (AvgIpc) is 2.54. The summed E-state index contributed by atoms with van der Waals surface area (Å²) in [7, 11) is -2.01. The summed E-state index contributed by atoms with van der Waals surface area (Å²) in [5.41, 5.74) is 0. The monoisotopic (exact) mass is 278 g/mol. The van der Waals surface area contributed by atoms with Crippen LogP contribution >= 0.6 is 0 Å². The van der Waals surface area contributed by atoms with E-state index in [1.54, 1.807) is 6.92 Å². The number of Topliss-reactive ketones (excluding diaryl/α,β-unsaturated/α-hetero) is 1. The van der Waals surface area contributed by atoms with Gasteiger partial charge in [0.05, 0.1) is 19.6 Å². The molecule has 0 radical (unpaired) electrons. The molecule has 1 saturated heterocycles. The Labute approximate surface area is 107 Å². The Kier molecular flexibility index (Phi) is 5.24. The Bertz CT molecular complexity index is 420. The third-order valence-corrected chi connectivity index (χ3v) is 4.58. The van der Waals surface area contributed by atoms with Gasteiger partial charge in [0, 0.05) is 26.6 Å². The van der Waals surface area contributed by atoms with Crippen molar-refractivity contribution in [1.82, 2.24) is 8.61 Å². The van der Waals surface area contributed by atoms with Gasteiger partial charge in [-0.05, 0) is 6.92 Å². The number of likely N-dealkylation sites (N-methyl/N-ethyl adjacent to an activating group) is 1. The zero-order valence-corrected chi connectivity index (χ0v) is 11.4. The second kappa shape index (κ2) is 6.26. The van der Waals surface area contributed by atoms with Crippen LogP contribution in [0.1, 0.15) is 19.8 Å². The van der Waals surface area contributed by atoms with Crippen molar-refractivity contribution in [2.24, 2.45) is 0 Å². The molecule has 0 amide bonds. The highest BCUT2D eigenvalue weighted by molar-refractivity contribution is 7.87. The van der Waals surface area contributed by atoms with E-state index < -0.39 is 16.2 Å². The first-order chi connectivity index (χ1) is 8.37. The normalized spacial score (nSPS) is 19.9. The third kappa shape index (κ3) is 3.76. The Morgan fingerprint density at radius 1 is 1.22 bits per heavy atom. The van der Waals surface area contributed by atoms with Gasteiger partial charge in [0.2, 0.25) is 0 Å². The molecule has 0 N–H and O–H groups in total. The molecule has 0 aromatic rings. The van der Waals surface area contributed by atoms with E-state index in [1.165, 1.54) is 11.4 Å². The van der Waals surface area contributed by atoms with Crippen molar-refractivity contribution >= 4 is 22.0 Å². The van der Waals surface area contributed by atoms with Gasteiger partial charge in [0.25, 0.3) is 10.2 Å². The maximum absolute atomic E-state index is 11.7. The second-order valence-corrected chi connectivity index (χ2v) is 6.04. The lowest BCUT2D eigenvalue weighted by Gasteiger charge is -2.14. The smallest absolute Gasteiger partial charge is 0.306 e. The zero-order chi connectivity index (χ0) is 13.8. The van der Waals surface area contributed by atoms with E-state index in [4.69, 9.17) is 0 Å². The standard InChI is InChI=1S/C10H18N2O5S/c1-3-17-10(14)5-4-9(13)8-12-7-6-11(2)18(12,15)16/h3-8H2,1-2H3. The summed E-state index contributed by atoms with van der Waals surface area (Å²) in [5, 5.41) is 0. The molecule has 8 heteroatoms. The van der Waals surface area contributed by atoms with E-state index >= 15 is 0 Å². The zero-order valence-electron chi connectivity index (χ0n) is 10.6. The summed E-state index contributed by atoms with van der Waals surface area (Å²) in [5.74, 6) is -0.714. The molecule has 104 valence electrons. The molecule has 0 aromatic carbocycles. The minimum Gasteiger partial charge on any atom is -0.466 e. The van der Waals surface area contributed by atoms with Crippen LogP contribution in [0.15, 0.2) is 0 Å². The molecule has 0 aromatic heterocycles. The maximum Gasteiger partial charge on any atom is 0.306 e. The molecule has 1 rings (SSSR count). The summed E-state index contributed by atoms with van der Waals surface area (Å²) >= 11 is 0. The van der Waals surface area contributed by atoms with Crippen molar-refractivity contribution in [2.75, 3.05) is 33.3 Å². The lowest BCUT2D eigenvalue weighted by Crippen LogP contribution is -2.34. The van der Waals surface area contributed by atoms with E-state index in [9.17, 15) is 18.0 Å². The highest BCUT2D eigenvalue weighted by Gasteiger charge is 2.34. The van der Waals surface area contributed by atoms with Gasteiger partial charge < -0.3 is 4.74 Å². The average molecular weight is 278 g/mol. The molecule has 0 saturated carbocycles. The molecular weight excluding hydrogens is 260 g/mol. The molecule has 1 fully saturated rings. The second-order valence-electron chi connectivity index (χ2n) is 4.01. The van der Waals surface area contributed by atoms with Gasteiger partial charge in [-0.25, -0.2) is 0 Å². The summed E-state index contributed by atoms with van der Waals surface area (Å²) in [6.07, 6.45) is 0.00493. The van der Waals surface area contributed by atoms with Gasteiger partial charge in [0.15, 0.2) is 0 Å². The van der Waals surface area contributed by atoms with Gasteiger partial charge in [-0.15, -0.1) is 0 Å². The number of carbonyl (C=O) groups excluding carboxylic acids is 2. The Hall–Kier alpha value is -0.990. The van der Waals surface area contributed by atoms with E-state index in [0.717, 1.165) is 4.31 Å². The largest absolute Gasteiger partial charge is 0.466 e. The van der Waals surface area contributed by atoms with Crippen LogP contribution in [0, 0.1) is 0 Å². The fourth-order valence-electron chi connectivity index (χ4n) is 1.59. The molecule has 1 heterocycles. The first-order valence-corrected chi connectivity index (χ1v) is 7.16. The number of ketones is 1. The number of rotatable bonds is 6. The van der Waals surface area contributed by atoms with Crippen LogP contribution in [0.3, 0.4) is 0 Å². The van der Waals surface area contributed by atoms with Crippen LogP contribution in [-0.4, -0.2) is 62.1 Å². The number of carbonyl (C=O) groups is 2. The van der Waals surface area contributed by atoms with Crippen LogP contribution in [-0.2, 0) is 24.5 Å². The predicted molar refractivity (Wildman–Crippen MR) is 64.0 cm³/mol. The SMILES string of the molecule is CCOC(=O)CCC(=O)CN1CCN(C)S1(=O)=O. The quantitative estimate of drug-likeness (QED) is 0.605. The van der Waals surface area contributed by atoms with Crippen LogP contribution in [0.5, 0.6) is 0 Å². The number of ether oxygens (including phenoxy) is 1. The van der Waals surface area contributed by atoms with Gasteiger partial charge in [0.1, 0.15) is 5.78 Å². The van der Waals surface area contributed by atoms with Crippen LogP contribution in [0.2, 0.25) is 0 Å². The molecule has 0 bridgehead atoms. The van der Waals surface area contributed by atoms with Gasteiger partial charge in [-0.1, -0.05) is 0 Å². The van der Waals surface area contributed by atoms with Crippen molar-refractivity contribution < 1.29 is 22.7 Å².